The Labute approximate surface area is 270 Å². The van der Waals surface area contributed by atoms with Crippen molar-refractivity contribution in [2.24, 2.45) is 0 Å². The van der Waals surface area contributed by atoms with Crippen LogP contribution >= 0.6 is 11.3 Å². The Balaban J connectivity index is 1.29. The lowest BCUT2D eigenvalue weighted by molar-refractivity contribution is 0.0448. The summed E-state index contributed by atoms with van der Waals surface area (Å²) in [5.74, 6) is 1.80. The number of piperidine rings is 1. The van der Waals surface area contributed by atoms with E-state index in [0.717, 1.165) is 61.8 Å². The molecule has 14 heteroatoms. The lowest BCUT2D eigenvalue weighted by Crippen LogP contribution is -2.46. The molecule has 4 aromatic rings. The number of fused-ring (bicyclic) bond motifs is 5. The van der Waals surface area contributed by atoms with Gasteiger partial charge < -0.3 is 20.3 Å². The van der Waals surface area contributed by atoms with Crippen molar-refractivity contribution in [2.75, 3.05) is 37.3 Å². The van der Waals surface area contributed by atoms with E-state index in [1.54, 1.807) is 4.68 Å². The summed E-state index contributed by atoms with van der Waals surface area (Å²) in [7, 11) is 1.94. The molecule has 6 heterocycles. The zero-order valence-corrected chi connectivity index (χ0v) is 27.3. The molecule has 242 valence electrons. The second kappa shape index (κ2) is 10.7. The van der Waals surface area contributed by atoms with Crippen LogP contribution in [-0.4, -0.2) is 84.6 Å². The van der Waals surface area contributed by atoms with Gasteiger partial charge in [0.1, 0.15) is 17.2 Å². The van der Waals surface area contributed by atoms with Gasteiger partial charge in [-0.05, 0) is 84.2 Å². The fourth-order valence-electron chi connectivity index (χ4n) is 8.73. The van der Waals surface area contributed by atoms with Crippen molar-refractivity contribution in [2.45, 2.75) is 101 Å². The molecule has 4 aromatic heterocycles. The van der Waals surface area contributed by atoms with Crippen molar-refractivity contribution in [3.05, 3.63) is 27.3 Å². The number of β-amino-alcohol motifs (C(OH)–C–C–N with tert-alkyl or cyclic N) is 1. The summed E-state index contributed by atoms with van der Waals surface area (Å²) in [5, 5.41) is 35.5. The van der Waals surface area contributed by atoms with Crippen LogP contribution in [0.2, 0.25) is 0 Å². The number of nitrogens with zero attached hydrogens (tertiary/aromatic N) is 9. The fourth-order valence-corrected chi connectivity index (χ4v) is 9.89. The van der Waals surface area contributed by atoms with Gasteiger partial charge in [-0.2, -0.15) is 5.26 Å². The zero-order valence-electron chi connectivity index (χ0n) is 26.5. The Morgan fingerprint density at radius 3 is 2.74 bits per heavy atom. The van der Waals surface area contributed by atoms with Gasteiger partial charge in [0, 0.05) is 36.1 Å². The van der Waals surface area contributed by atoms with Crippen LogP contribution in [0.25, 0.3) is 22.7 Å². The number of hydrogen-bond donors (Lipinski definition) is 2. The van der Waals surface area contributed by atoms with E-state index in [9.17, 15) is 14.8 Å². The molecule has 0 saturated carbocycles. The number of likely N-dealkylation sites (N-methyl/N-ethyl adjacent to an activating group) is 1. The number of rotatable bonds is 4. The van der Waals surface area contributed by atoms with Crippen molar-refractivity contribution in [1.29, 1.82) is 5.26 Å². The first kappa shape index (κ1) is 29.7. The van der Waals surface area contributed by atoms with Crippen LogP contribution in [0.1, 0.15) is 92.2 Å². The van der Waals surface area contributed by atoms with Crippen LogP contribution in [0.15, 0.2) is 4.52 Å². The van der Waals surface area contributed by atoms with Gasteiger partial charge in [0.05, 0.1) is 22.6 Å². The molecule has 0 bridgehead atoms. The molecule has 0 radical (unpaired) electrons. The number of alkyl halides is 1. The number of halogens is 1. The van der Waals surface area contributed by atoms with E-state index < -0.39 is 17.2 Å². The van der Waals surface area contributed by atoms with Crippen LogP contribution < -0.4 is 10.6 Å². The molecule has 2 aliphatic heterocycles. The Bertz CT molecular complexity index is 1870. The smallest absolute Gasteiger partial charge is 0.186 e. The van der Waals surface area contributed by atoms with Gasteiger partial charge >= 0.3 is 0 Å². The minimum atomic E-state index is -0.891. The maximum absolute atomic E-state index is 14.4. The molecule has 12 nitrogen and oxygen atoms in total. The fraction of sp³-hybridized carbons (Fsp3) is 0.625. The van der Waals surface area contributed by atoms with E-state index in [2.05, 4.69) is 26.4 Å². The molecule has 4 aliphatic rings. The summed E-state index contributed by atoms with van der Waals surface area (Å²) in [4.78, 5) is 15.4. The van der Waals surface area contributed by atoms with Crippen LogP contribution in [0.5, 0.6) is 0 Å². The number of nitrogen functional groups attached to an aromatic ring is 1. The third-order valence-electron chi connectivity index (χ3n) is 10.8. The highest BCUT2D eigenvalue weighted by molar-refractivity contribution is 7.16. The third kappa shape index (κ3) is 4.46. The predicted molar refractivity (Wildman–Crippen MR) is 171 cm³/mol. The number of likely N-dealkylation sites (tertiary alicyclic amines) is 1. The first-order valence-corrected chi connectivity index (χ1v) is 17.2. The maximum Gasteiger partial charge on any atom is 0.186 e. The lowest BCUT2D eigenvalue weighted by Gasteiger charge is -2.39. The average Bonchev–Trinajstić information content (AvgIpc) is 3.80. The lowest BCUT2D eigenvalue weighted by atomic mass is 9.63. The molecule has 5 atom stereocenters. The van der Waals surface area contributed by atoms with Gasteiger partial charge in [-0.1, -0.05) is 10.4 Å². The molecule has 2 aliphatic carbocycles. The van der Waals surface area contributed by atoms with E-state index in [4.69, 9.17) is 20.2 Å². The summed E-state index contributed by atoms with van der Waals surface area (Å²) in [6, 6.07) is 2.13. The minimum Gasteiger partial charge on any atom is -0.389 e. The normalized spacial score (nSPS) is 28.8. The van der Waals surface area contributed by atoms with Gasteiger partial charge in [0.25, 0.3) is 0 Å². The Morgan fingerprint density at radius 1 is 1.20 bits per heavy atom. The second-order valence-corrected chi connectivity index (χ2v) is 15.2. The van der Waals surface area contributed by atoms with Crippen molar-refractivity contribution < 1.29 is 14.0 Å². The number of anilines is 2. The summed E-state index contributed by atoms with van der Waals surface area (Å²) < 4.78 is 22.5. The molecule has 1 spiro atoms. The minimum absolute atomic E-state index is 0.0648. The second-order valence-electron chi connectivity index (χ2n) is 14.1. The molecule has 2 saturated heterocycles. The first-order valence-electron chi connectivity index (χ1n) is 16.4. The molecule has 5 unspecified atom stereocenters. The summed E-state index contributed by atoms with van der Waals surface area (Å²) in [6.07, 6.45) is 6.28. The molecule has 8 rings (SSSR count). The monoisotopic (exact) mass is 646 g/mol. The number of aromatic nitrogens is 6. The molecule has 46 heavy (non-hydrogen) atoms. The van der Waals surface area contributed by atoms with Gasteiger partial charge in [-0.3, -0.25) is 4.90 Å². The maximum atomic E-state index is 14.4. The third-order valence-corrected chi connectivity index (χ3v) is 11.9. The summed E-state index contributed by atoms with van der Waals surface area (Å²) in [6.45, 7) is 5.36. The Hall–Kier alpha value is -3.67. The number of nitrogens with two attached hydrogens (primary N) is 1. The van der Waals surface area contributed by atoms with E-state index in [0.29, 0.717) is 71.5 Å². The largest absolute Gasteiger partial charge is 0.389 e. The van der Waals surface area contributed by atoms with E-state index in [1.165, 1.54) is 16.2 Å². The average molecular weight is 647 g/mol. The quantitative estimate of drug-likeness (QED) is 0.325. The van der Waals surface area contributed by atoms with Gasteiger partial charge in [-0.25, -0.2) is 19.0 Å². The van der Waals surface area contributed by atoms with Crippen molar-refractivity contribution >= 4 is 33.3 Å². The topological polar surface area (TPSA) is 159 Å². The number of aliphatic hydroxyl groups is 1. The molecule has 3 N–H and O–H groups in total. The van der Waals surface area contributed by atoms with Crippen LogP contribution in [0.3, 0.4) is 0 Å². The standard InChI is InChI=1S/C32H39FN10O2S/c1-17(21-13-18(33)15-41(21)3)43-30-25(38-40-43)29(42-12-6-9-31(2,44)16-42)36-28(37-30)24-19-7-4-10-32(26(19)45-39-24)11-5-8-22-23(32)20(14-34)27(35)46-22/h17-18,21,44H,4-13,15-16,35H2,1-3H3. The van der Waals surface area contributed by atoms with Gasteiger partial charge in [-0.15, -0.1) is 16.4 Å². The first-order chi connectivity index (χ1) is 22.1. The van der Waals surface area contributed by atoms with Gasteiger partial charge in [0.2, 0.25) is 0 Å². The van der Waals surface area contributed by atoms with Crippen LogP contribution in [0.4, 0.5) is 15.2 Å². The Kier molecular flexibility index (Phi) is 6.90. The van der Waals surface area contributed by atoms with E-state index in [-0.39, 0.29) is 12.1 Å². The molecular weight excluding hydrogens is 607 g/mol. The summed E-state index contributed by atoms with van der Waals surface area (Å²) >= 11 is 1.52. The van der Waals surface area contributed by atoms with Crippen molar-refractivity contribution in [1.82, 2.24) is 35.0 Å². The molecular formula is C32H39FN10O2S. The highest BCUT2D eigenvalue weighted by Crippen LogP contribution is 2.55. The SMILES string of the molecule is CC(C1CC(F)CN1C)n1nnc2c(N3CCCC(C)(O)C3)nc(-c3noc4c3CCCC43CCCc4sc(N)c(C#N)c43)nc21. The summed E-state index contributed by atoms with van der Waals surface area (Å²) in [5.41, 5.74) is 9.25. The number of aryl methyl sites for hydroxylation is 1. The van der Waals surface area contributed by atoms with E-state index >= 15 is 0 Å². The van der Waals surface area contributed by atoms with Crippen molar-refractivity contribution in [3.63, 3.8) is 0 Å². The zero-order chi connectivity index (χ0) is 32.0. The van der Waals surface area contributed by atoms with E-state index in [1.807, 2.05) is 25.8 Å². The predicted octanol–water partition coefficient (Wildman–Crippen LogP) is 4.30. The molecule has 0 amide bonds. The van der Waals surface area contributed by atoms with Crippen LogP contribution in [0, 0.1) is 11.3 Å². The van der Waals surface area contributed by atoms with Crippen molar-refractivity contribution in [3.8, 4) is 17.6 Å². The van der Waals surface area contributed by atoms with Crippen LogP contribution in [-0.2, 0) is 18.3 Å². The Morgan fingerprint density at radius 2 is 2.00 bits per heavy atom. The van der Waals surface area contributed by atoms with Gasteiger partial charge in [0.15, 0.2) is 34.3 Å². The molecule has 2 fully saturated rings. The molecule has 0 aromatic carbocycles. The highest BCUT2D eigenvalue weighted by Gasteiger charge is 2.49. The number of nitriles is 1. The number of thiophene rings is 1. The number of hydrogen-bond acceptors (Lipinski definition) is 12. The highest BCUT2D eigenvalue weighted by atomic mass is 32.1.